The topological polar surface area (TPSA) is 61.4 Å². The van der Waals surface area contributed by atoms with Gasteiger partial charge in [-0.05, 0) is 55.2 Å². The third kappa shape index (κ3) is 4.18. The first-order valence-corrected chi connectivity index (χ1v) is 8.72. The summed E-state index contributed by atoms with van der Waals surface area (Å²) in [7, 11) is 0. The molecule has 0 unspecified atom stereocenters. The third-order valence-corrected chi connectivity index (χ3v) is 4.45. The Labute approximate surface area is 148 Å². The van der Waals surface area contributed by atoms with Crippen LogP contribution >= 0.6 is 0 Å². The number of nitrogens with one attached hydrogen (secondary N) is 2. The molecule has 0 aliphatic carbocycles. The van der Waals surface area contributed by atoms with E-state index in [-0.39, 0.29) is 0 Å². The Hall–Kier alpha value is -2.82. The molecule has 3 rings (SSSR count). The summed E-state index contributed by atoms with van der Waals surface area (Å²) in [6.45, 7) is 4.16. The van der Waals surface area contributed by atoms with Crippen molar-refractivity contribution in [1.29, 1.82) is 0 Å². The largest absolute Gasteiger partial charge is 0.372 e. The van der Waals surface area contributed by atoms with Gasteiger partial charge in [0, 0.05) is 30.2 Å². The number of anilines is 3. The first kappa shape index (κ1) is 17.0. The number of para-hydroxylation sites is 1. The molecule has 0 spiro atoms. The van der Waals surface area contributed by atoms with Gasteiger partial charge in [0.1, 0.15) is 0 Å². The van der Waals surface area contributed by atoms with Crippen LogP contribution in [0, 0.1) is 0 Å². The van der Waals surface area contributed by atoms with E-state index < -0.39 is 11.8 Å². The van der Waals surface area contributed by atoms with Crippen LogP contribution in [0.3, 0.4) is 0 Å². The lowest BCUT2D eigenvalue weighted by atomic mass is 10.1. The Morgan fingerprint density at radius 3 is 2.24 bits per heavy atom. The van der Waals surface area contributed by atoms with Crippen molar-refractivity contribution in [2.45, 2.75) is 26.2 Å². The number of rotatable bonds is 4. The number of hydrogen-bond donors (Lipinski definition) is 2. The molecule has 1 aliphatic heterocycles. The fraction of sp³-hybridized carbons (Fsp3) is 0.300. The summed E-state index contributed by atoms with van der Waals surface area (Å²) in [6.07, 6.45) is 3.23. The molecule has 1 saturated heterocycles. The zero-order chi connectivity index (χ0) is 17.6. The summed E-state index contributed by atoms with van der Waals surface area (Å²) in [5, 5.41) is 5.33. The van der Waals surface area contributed by atoms with E-state index in [2.05, 4.69) is 15.5 Å². The summed E-state index contributed by atoms with van der Waals surface area (Å²) in [5.41, 5.74) is 3.44. The zero-order valence-corrected chi connectivity index (χ0v) is 14.4. The molecule has 0 radical (unpaired) electrons. The van der Waals surface area contributed by atoms with Crippen molar-refractivity contribution in [3.63, 3.8) is 0 Å². The first-order chi connectivity index (χ1) is 12.2. The molecule has 1 aliphatic rings. The van der Waals surface area contributed by atoms with Crippen LogP contribution < -0.4 is 15.5 Å². The number of aryl methyl sites for hydroxylation is 1. The van der Waals surface area contributed by atoms with Gasteiger partial charge in [-0.15, -0.1) is 0 Å². The second-order valence-corrected chi connectivity index (χ2v) is 6.16. The van der Waals surface area contributed by atoms with E-state index in [4.69, 9.17) is 0 Å². The Morgan fingerprint density at radius 2 is 1.56 bits per heavy atom. The SMILES string of the molecule is CCc1ccccc1NC(=O)C(=O)Nc1ccc(N2CCCC2)cc1. The predicted molar refractivity (Wildman–Crippen MR) is 101 cm³/mol. The van der Waals surface area contributed by atoms with Gasteiger partial charge in [0.25, 0.3) is 0 Å². The average Bonchev–Trinajstić information content (AvgIpc) is 3.17. The van der Waals surface area contributed by atoms with Gasteiger partial charge in [-0.2, -0.15) is 0 Å². The van der Waals surface area contributed by atoms with Crippen LogP contribution in [-0.4, -0.2) is 24.9 Å². The lowest BCUT2D eigenvalue weighted by Gasteiger charge is -2.17. The number of carbonyl (C=O) groups excluding carboxylic acids is 2. The molecule has 0 atom stereocenters. The third-order valence-electron chi connectivity index (χ3n) is 4.45. The van der Waals surface area contributed by atoms with Crippen LogP contribution in [-0.2, 0) is 16.0 Å². The Balaban J connectivity index is 1.60. The highest BCUT2D eigenvalue weighted by molar-refractivity contribution is 6.43. The fourth-order valence-electron chi connectivity index (χ4n) is 3.05. The molecule has 5 nitrogen and oxygen atoms in total. The molecule has 2 amide bonds. The van der Waals surface area contributed by atoms with Gasteiger partial charge in [-0.25, -0.2) is 0 Å². The standard InChI is InChI=1S/C20H23N3O2/c1-2-15-7-3-4-8-18(15)22-20(25)19(24)21-16-9-11-17(12-10-16)23-13-5-6-14-23/h3-4,7-12H,2,5-6,13-14H2,1H3,(H,21,24)(H,22,25). The molecular weight excluding hydrogens is 314 g/mol. The number of hydrogen-bond acceptors (Lipinski definition) is 3. The summed E-state index contributed by atoms with van der Waals surface area (Å²) >= 11 is 0. The molecule has 130 valence electrons. The van der Waals surface area contributed by atoms with Crippen LogP contribution in [0.25, 0.3) is 0 Å². The molecule has 2 aromatic carbocycles. The molecule has 5 heteroatoms. The van der Waals surface area contributed by atoms with E-state index in [0.717, 1.165) is 30.8 Å². The second-order valence-electron chi connectivity index (χ2n) is 6.16. The molecule has 0 aromatic heterocycles. The van der Waals surface area contributed by atoms with Crippen LogP contribution in [0.1, 0.15) is 25.3 Å². The molecule has 1 heterocycles. The highest BCUT2D eigenvalue weighted by Crippen LogP contribution is 2.22. The van der Waals surface area contributed by atoms with E-state index in [9.17, 15) is 9.59 Å². The maximum Gasteiger partial charge on any atom is 0.314 e. The van der Waals surface area contributed by atoms with Crippen LogP contribution in [0.2, 0.25) is 0 Å². The number of amides is 2. The summed E-state index contributed by atoms with van der Waals surface area (Å²) < 4.78 is 0. The molecular formula is C20H23N3O2. The second kappa shape index (κ2) is 7.83. The Kier molecular flexibility index (Phi) is 5.33. The lowest BCUT2D eigenvalue weighted by molar-refractivity contribution is -0.133. The zero-order valence-electron chi connectivity index (χ0n) is 14.4. The lowest BCUT2D eigenvalue weighted by Crippen LogP contribution is -2.29. The van der Waals surface area contributed by atoms with Crippen molar-refractivity contribution in [3.8, 4) is 0 Å². The van der Waals surface area contributed by atoms with Crippen LogP contribution in [0.5, 0.6) is 0 Å². The maximum atomic E-state index is 12.1. The average molecular weight is 337 g/mol. The molecule has 0 saturated carbocycles. The van der Waals surface area contributed by atoms with Crippen molar-refractivity contribution in [2.24, 2.45) is 0 Å². The molecule has 1 fully saturated rings. The van der Waals surface area contributed by atoms with E-state index in [0.29, 0.717) is 11.4 Å². The van der Waals surface area contributed by atoms with Gasteiger partial charge in [0.2, 0.25) is 0 Å². The van der Waals surface area contributed by atoms with Gasteiger partial charge >= 0.3 is 11.8 Å². The Morgan fingerprint density at radius 1 is 0.920 bits per heavy atom. The highest BCUT2D eigenvalue weighted by Gasteiger charge is 2.16. The minimum absolute atomic E-state index is 0.617. The van der Waals surface area contributed by atoms with Gasteiger partial charge in [0.15, 0.2) is 0 Å². The summed E-state index contributed by atoms with van der Waals surface area (Å²) in [6, 6.07) is 15.1. The number of benzene rings is 2. The highest BCUT2D eigenvalue weighted by atomic mass is 16.2. The molecule has 2 N–H and O–H groups in total. The van der Waals surface area contributed by atoms with Crippen molar-refractivity contribution in [3.05, 3.63) is 54.1 Å². The van der Waals surface area contributed by atoms with Gasteiger partial charge in [-0.1, -0.05) is 25.1 Å². The van der Waals surface area contributed by atoms with Gasteiger partial charge in [0.05, 0.1) is 0 Å². The molecule has 2 aromatic rings. The fourth-order valence-corrected chi connectivity index (χ4v) is 3.05. The smallest absolute Gasteiger partial charge is 0.314 e. The Bertz CT molecular complexity index is 750. The van der Waals surface area contributed by atoms with E-state index >= 15 is 0 Å². The van der Waals surface area contributed by atoms with Gasteiger partial charge < -0.3 is 15.5 Å². The normalized spacial score (nSPS) is 13.6. The monoisotopic (exact) mass is 337 g/mol. The van der Waals surface area contributed by atoms with Crippen molar-refractivity contribution in [1.82, 2.24) is 0 Å². The van der Waals surface area contributed by atoms with E-state index in [1.165, 1.54) is 12.8 Å². The summed E-state index contributed by atoms with van der Waals surface area (Å²) in [4.78, 5) is 26.6. The first-order valence-electron chi connectivity index (χ1n) is 8.72. The van der Waals surface area contributed by atoms with Crippen LogP contribution in [0.15, 0.2) is 48.5 Å². The van der Waals surface area contributed by atoms with Gasteiger partial charge in [-0.3, -0.25) is 9.59 Å². The molecule has 0 bridgehead atoms. The quantitative estimate of drug-likeness (QED) is 0.840. The van der Waals surface area contributed by atoms with Crippen LogP contribution in [0.4, 0.5) is 17.1 Å². The van der Waals surface area contributed by atoms with Crippen molar-refractivity contribution in [2.75, 3.05) is 28.6 Å². The predicted octanol–water partition coefficient (Wildman–Crippen LogP) is 3.43. The van der Waals surface area contributed by atoms with E-state index in [1.807, 2.05) is 49.4 Å². The molecule has 25 heavy (non-hydrogen) atoms. The maximum absolute atomic E-state index is 12.1. The minimum atomic E-state index is -0.667. The van der Waals surface area contributed by atoms with Crippen molar-refractivity contribution < 1.29 is 9.59 Å². The minimum Gasteiger partial charge on any atom is -0.372 e. The van der Waals surface area contributed by atoms with Crippen molar-refractivity contribution >= 4 is 28.9 Å². The number of carbonyl (C=O) groups is 2. The number of nitrogens with zero attached hydrogens (tertiary/aromatic N) is 1. The van der Waals surface area contributed by atoms with E-state index in [1.54, 1.807) is 6.07 Å². The summed E-state index contributed by atoms with van der Waals surface area (Å²) in [5.74, 6) is -1.33.